The van der Waals surface area contributed by atoms with Gasteiger partial charge in [-0.3, -0.25) is 74.4 Å². The molecule has 0 aromatic carbocycles. The Hall–Kier alpha value is -7.33. The maximum atomic E-state index is 12.7. The van der Waals surface area contributed by atoms with Gasteiger partial charge in [0.05, 0.1) is 53.9 Å². The van der Waals surface area contributed by atoms with E-state index in [0.29, 0.717) is 33.0 Å². The normalized spacial score (nSPS) is 17.2. The third-order valence-corrected chi connectivity index (χ3v) is 15.0. The number of aryl methyl sites for hydroxylation is 10. The minimum absolute atomic E-state index is 0. The molecule has 0 aliphatic carbocycles. The fraction of sp³-hybridized carbons (Fsp3) is 0.582. The van der Waals surface area contributed by atoms with Crippen molar-refractivity contribution in [3.8, 4) is 0 Å². The quantitative estimate of drug-likeness (QED) is 0.0149. The van der Waals surface area contributed by atoms with E-state index >= 15 is 0 Å². The summed E-state index contributed by atoms with van der Waals surface area (Å²) in [7, 11) is 8.26. The molecule has 0 saturated carbocycles. The molecule has 10 heterocycles. The van der Waals surface area contributed by atoms with Gasteiger partial charge in [0.1, 0.15) is 17.0 Å². The molecule has 0 spiro atoms. The van der Waals surface area contributed by atoms with E-state index in [1.807, 2.05) is 0 Å². The summed E-state index contributed by atoms with van der Waals surface area (Å²) in [6.07, 6.45) is -16.6. The largest absolute Gasteiger partial charge is 1.00 e. The van der Waals surface area contributed by atoms with Crippen LogP contribution in [0, 0.1) is 0 Å². The molecular formula is C67H102K2N20O18. The van der Waals surface area contributed by atoms with Crippen LogP contribution in [0.3, 0.4) is 0 Å². The number of carbonyl (C=O) groups is 3. The smallest absolute Gasteiger partial charge is 1.00 e. The standard InChI is InChI=1S/3C13H20N4O3.2C13H18N4O3.CH2O3.CH4.2K.H/c5*1-9(18)6-4-5-7-17-12(19)10-11(14-8-15(10)2)16(3)13(17)20;2-1-4-3;;;;/h3*8-9,18H,4-7H2,1-3H3;2*8H,4-7H2,1-3H3;1,3H;1H4;;;/q;;;;;;;2*+1;-1/p-1/t2*9-;;;;;;;;/m10......../s1/i3*2D3,6D2,8D,9D;6D2,8D;2D3;;;;;. The fourth-order valence-corrected chi connectivity index (χ4v) is 9.89. The van der Waals surface area contributed by atoms with Crippen molar-refractivity contribution in [2.45, 2.75) is 189 Å². The molecule has 0 radical (unpaired) electrons. The van der Waals surface area contributed by atoms with Gasteiger partial charge in [-0.2, -0.15) is 0 Å². The molecule has 0 amide bonds. The van der Waals surface area contributed by atoms with Gasteiger partial charge in [-0.1, -0.05) is 7.43 Å². The van der Waals surface area contributed by atoms with Crippen LogP contribution in [0.1, 0.15) is 177 Å². The number of rotatable bonds is 26. The Morgan fingerprint density at radius 1 is 0.458 bits per heavy atom. The van der Waals surface area contributed by atoms with Crippen molar-refractivity contribution in [3.05, 3.63) is 136 Å². The number of Topliss-reactive ketones (excluding diaryl/α,β-unsaturated/α-hetero) is 2. The van der Waals surface area contributed by atoms with Gasteiger partial charge < -0.3 is 59.3 Å². The Morgan fingerprint density at radius 2 is 0.701 bits per heavy atom. The number of unbranched alkanes of at least 4 members (excludes halogenated alkanes) is 1. The molecule has 10 aromatic heterocycles. The average molecular weight is 1580 g/mol. The number of fused-ring (bicyclic) bond motifs is 5. The van der Waals surface area contributed by atoms with E-state index in [0.717, 1.165) is 72.8 Å². The number of hydrogen-bond acceptors (Lipinski definition) is 23. The van der Waals surface area contributed by atoms with E-state index in [9.17, 15) is 72.9 Å². The Bertz CT molecular complexity index is 6220. The molecule has 10 aromatic rings. The van der Waals surface area contributed by atoms with Crippen molar-refractivity contribution in [3.63, 3.8) is 0 Å². The minimum atomic E-state index is -2.85. The van der Waals surface area contributed by atoms with Crippen LogP contribution in [-0.4, -0.2) is 145 Å². The van der Waals surface area contributed by atoms with Gasteiger partial charge in [0.15, 0.2) is 55.8 Å². The molecule has 0 saturated heterocycles. The summed E-state index contributed by atoms with van der Waals surface area (Å²) in [5.74, 6) is -0.542. The van der Waals surface area contributed by atoms with Crippen molar-refractivity contribution in [1.29, 1.82) is 0 Å². The summed E-state index contributed by atoms with van der Waals surface area (Å²) >= 11 is 0. The van der Waals surface area contributed by atoms with Gasteiger partial charge in [-0.05, 0) is 118 Å². The molecule has 580 valence electrons. The Kier molecular flexibility index (Phi) is 25.0. The molecule has 0 fully saturated rings. The number of aromatic nitrogens is 20. The van der Waals surface area contributed by atoms with Gasteiger partial charge in [0.25, 0.3) is 34.3 Å². The second kappa shape index (κ2) is 45.0. The molecule has 10 rings (SSSR count). The van der Waals surface area contributed by atoms with Gasteiger partial charge >= 0.3 is 131 Å². The van der Waals surface area contributed by atoms with Crippen molar-refractivity contribution in [2.24, 2.45) is 70.2 Å². The van der Waals surface area contributed by atoms with Crippen LogP contribution in [0.5, 0.6) is 0 Å². The van der Waals surface area contributed by atoms with Gasteiger partial charge in [0, 0.05) is 143 Å². The third-order valence-electron chi connectivity index (χ3n) is 15.0. The molecule has 38 nitrogen and oxygen atoms in total. The van der Waals surface area contributed by atoms with Crippen LogP contribution in [0.25, 0.3) is 55.8 Å². The molecular weight excluding hydrogens is 1450 g/mol. The first-order valence-corrected chi connectivity index (χ1v) is 31.2. The van der Waals surface area contributed by atoms with Crippen LogP contribution < -0.4 is 164 Å². The molecule has 40 heteroatoms. The summed E-state index contributed by atoms with van der Waals surface area (Å²) in [4.78, 5) is 177. The first-order valence-electron chi connectivity index (χ1n) is 44.7. The van der Waals surface area contributed by atoms with Crippen LogP contribution in [-0.2, 0) is 122 Å². The zero-order chi connectivity index (χ0) is 101. The van der Waals surface area contributed by atoms with Crippen LogP contribution in [0.2, 0.25) is 0 Å². The summed E-state index contributed by atoms with van der Waals surface area (Å²) in [5.41, 5.74) is -9.36. The predicted octanol–water partition coefficient (Wildman–Crippen LogP) is -6.47. The number of aliphatic hydroxyl groups is 3. The predicted molar refractivity (Wildman–Crippen MR) is 392 cm³/mol. The van der Waals surface area contributed by atoms with Crippen molar-refractivity contribution >= 4 is 73.9 Å². The summed E-state index contributed by atoms with van der Waals surface area (Å²) in [6.45, 7) is -6.28. The number of carbonyl (C=O) groups excluding carboxylic acids is 3. The maximum absolute atomic E-state index is 12.7. The van der Waals surface area contributed by atoms with Crippen molar-refractivity contribution < 1.29 is 181 Å². The van der Waals surface area contributed by atoms with E-state index in [1.54, 1.807) is 0 Å². The van der Waals surface area contributed by atoms with Gasteiger partial charge in [-0.15, -0.1) is 0 Å². The van der Waals surface area contributed by atoms with E-state index in [1.165, 1.54) is 65.3 Å². The van der Waals surface area contributed by atoms with Crippen molar-refractivity contribution in [2.75, 3.05) is 0 Å². The minimum Gasteiger partial charge on any atom is -1.00 e. The molecule has 3 atom stereocenters. The number of nitrogens with zero attached hydrogens (tertiary/aromatic N) is 20. The van der Waals surface area contributed by atoms with E-state index < -0.39 is 169 Å². The Balaban J connectivity index is 0.000000830. The van der Waals surface area contributed by atoms with Gasteiger partial charge in [-0.25, -0.2) is 48.9 Å². The monoisotopic (exact) mass is 1580 g/mol. The summed E-state index contributed by atoms with van der Waals surface area (Å²) in [6, 6.07) is 0. The number of imidazole rings is 5. The third kappa shape index (κ3) is 24.6. The van der Waals surface area contributed by atoms with Crippen LogP contribution in [0.15, 0.2) is 79.5 Å². The molecule has 3 N–H and O–H groups in total. The zero-order valence-corrected chi connectivity index (χ0v) is 66.6. The van der Waals surface area contributed by atoms with Crippen LogP contribution >= 0.6 is 0 Å². The van der Waals surface area contributed by atoms with Crippen molar-refractivity contribution in [1.82, 2.24) is 93.4 Å². The maximum Gasteiger partial charge on any atom is 1.00 e. The van der Waals surface area contributed by atoms with E-state index in [-0.39, 0.29) is 254 Å². The van der Waals surface area contributed by atoms with Crippen LogP contribution in [0.4, 0.5) is 0 Å². The Labute approximate surface area is 738 Å². The SMILES string of the molecule is C.O=CO[O-].[2H]C([2H])([2H])n1cnc2c1c(=O)n(CCCCC(C)=O)c(=O)n2C.[2H]c1nc2c(c(=O)n(CCCC([2H])([2H])C(C)=O)c(=O)n2C)n1C.[2H]c1nc2c(c(=O)n(CCCC([2H])([2H])C([2H])(C)O)c(=O)n2C)n1C([2H])([2H])[2H].[2H]c1nc2c(c(=O)n(CCCC([2H])([2H])[C@@]([2H])(C)O)c(=O)n2C)n1C([2H])([2H])[2H].[2H]c1nc2c(c(=O)n(CCCC([2H])([2H])[C@]([2H])(C)O)c(=O)n2C)n1C([2H])([2H])[2H].[H-].[K+].[K+]. The number of hydrogen-bond donors (Lipinski definition) is 3. The molecule has 0 aliphatic rings. The molecule has 1 unspecified atom stereocenters. The van der Waals surface area contributed by atoms with E-state index in [2.05, 4.69) is 29.8 Å². The van der Waals surface area contributed by atoms with E-state index in [4.69, 9.17) is 47.1 Å². The molecule has 107 heavy (non-hydrogen) atoms. The first kappa shape index (κ1) is 59.5. The topological polar surface area (TPSA) is 453 Å². The second-order valence-corrected chi connectivity index (χ2v) is 22.7. The number of ketones is 2. The summed E-state index contributed by atoms with van der Waals surface area (Å²) in [5, 5.41) is 37.0. The first-order chi connectivity index (χ1) is 59.4. The fourth-order valence-electron chi connectivity index (χ4n) is 9.89. The molecule has 0 bridgehead atoms. The molecule has 0 aliphatic heterocycles. The second-order valence-electron chi connectivity index (χ2n) is 22.7. The zero-order valence-electron chi connectivity index (χ0n) is 88.4. The summed E-state index contributed by atoms with van der Waals surface area (Å²) < 4.78 is 217. The Morgan fingerprint density at radius 3 is 0.953 bits per heavy atom. The average Bonchev–Trinajstić information content (AvgIpc) is 1.49. The van der Waals surface area contributed by atoms with Gasteiger partial charge in [0.2, 0.25) is 0 Å².